The zero-order valence-corrected chi connectivity index (χ0v) is 19.4. The second-order valence-electron chi connectivity index (χ2n) is 8.41. The van der Waals surface area contributed by atoms with E-state index in [-0.39, 0.29) is 12.4 Å². The maximum atomic E-state index is 6.47. The van der Waals surface area contributed by atoms with Crippen molar-refractivity contribution in [2.45, 2.75) is 44.9 Å². The molecule has 2 saturated heterocycles. The Morgan fingerprint density at radius 1 is 1.13 bits per heavy atom. The summed E-state index contributed by atoms with van der Waals surface area (Å²) < 4.78 is 12.9. The van der Waals surface area contributed by atoms with Crippen molar-refractivity contribution in [3.63, 3.8) is 0 Å². The quantitative estimate of drug-likeness (QED) is 0.545. The van der Waals surface area contributed by atoms with Gasteiger partial charge in [-0.2, -0.15) is 14.8 Å². The number of halogens is 2. The Bertz CT molecular complexity index is 1010. The molecule has 2 aromatic heterocycles. The van der Waals surface area contributed by atoms with E-state index < -0.39 is 0 Å². The van der Waals surface area contributed by atoms with E-state index in [9.17, 15) is 0 Å². The topological polar surface area (TPSA) is 69.2 Å². The summed E-state index contributed by atoms with van der Waals surface area (Å²) in [7, 11) is 0. The zero-order valence-electron chi connectivity index (χ0n) is 17.8. The Labute approximate surface area is 193 Å². The van der Waals surface area contributed by atoms with Gasteiger partial charge in [-0.1, -0.05) is 30.7 Å². The van der Waals surface area contributed by atoms with Crippen LogP contribution in [0.15, 0.2) is 22.7 Å². The van der Waals surface area contributed by atoms with E-state index >= 15 is 0 Å². The predicted molar refractivity (Wildman–Crippen MR) is 123 cm³/mol. The van der Waals surface area contributed by atoms with E-state index in [1.165, 1.54) is 19.4 Å². The minimum atomic E-state index is 0. The molecule has 0 aliphatic carbocycles. The van der Waals surface area contributed by atoms with Crippen molar-refractivity contribution in [1.29, 1.82) is 0 Å². The van der Waals surface area contributed by atoms with Crippen LogP contribution in [0.4, 0.5) is 0 Å². The van der Waals surface area contributed by atoms with Crippen molar-refractivity contribution in [1.82, 2.24) is 24.8 Å². The third kappa shape index (κ3) is 4.60. The maximum absolute atomic E-state index is 6.47. The lowest BCUT2D eigenvalue weighted by molar-refractivity contribution is 0.0481. The Kier molecular flexibility index (Phi) is 7.16. The number of fused-ring (bicyclic) bond motifs is 1. The molecule has 0 N–H and O–H groups in total. The Morgan fingerprint density at radius 2 is 1.90 bits per heavy atom. The number of nitrogens with zero attached hydrogens (tertiary/aromatic N) is 5. The van der Waals surface area contributed by atoms with Crippen LogP contribution >= 0.6 is 24.0 Å². The summed E-state index contributed by atoms with van der Waals surface area (Å²) in [5, 5.41) is 10.6. The Hall–Kier alpha value is -1.67. The Morgan fingerprint density at radius 3 is 2.65 bits per heavy atom. The number of rotatable bonds is 5. The number of aryl methyl sites for hydroxylation is 1. The van der Waals surface area contributed by atoms with E-state index in [0.29, 0.717) is 22.8 Å². The summed E-state index contributed by atoms with van der Waals surface area (Å²) in [6, 6.07) is 5.86. The van der Waals surface area contributed by atoms with Crippen LogP contribution in [-0.4, -0.2) is 57.7 Å². The molecule has 31 heavy (non-hydrogen) atoms. The number of likely N-dealkylation sites (tertiary alicyclic amines) is 1. The maximum Gasteiger partial charge on any atom is 0.291 e. The fourth-order valence-corrected chi connectivity index (χ4v) is 4.98. The van der Waals surface area contributed by atoms with E-state index in [1.807, 2.05) is 18.2 Å². The lowest BCUT2D eigenvalue weighted by atomic mass is 9.94. The van der Waals surface area contributed by atoms with Gasteiger partial charge in [0.05, 0.1) is 16.2 Å². The molecule has 168 valence electrons. The van der Waals surface area contributed by atoms with Gasteiger partial charge in [0.15, 0.2) is 0 Å². The van der Waals surface area contributed by atoms with Gasteiger partial charge < -0.3 is 14.2 Å². The van der Waals surface area contributed by atoms with Crippen LogP contribution in [0.25, 0.3) is 16.9 Å². The third-order valence-corrected chi connectivity index (χ3v) is 6.78. The second kappa shape index (κ2) is 9.86. The molecule has 3 aromatic rings. The average Bonchev–Trinajstić information content (AvgIpc) is 3.40. The first-order chi connectivity index (χ1) is 14.7. The van der Waals surface area contributed by atoms with Crippen LogP contribution in [0.1, 0.15) is 50.1 Å². The van der Waals surface area contributed by atoms with E-state index in [0.717, 1.165) is 68.1 Å². The number of aromatic nitrogens is 4. The van der Waals surface area contributed by atoms with E-state index in [2.05, 4.69) is 17.0 Å². The highest BCUT2D eigenvalue weighted by atomic mass is 35.5. The van der Waals surface area contributed by atoms with Gasteiger partial charge in [0, 0.05) is 31.1 Å². The van der Waals surface area contributed by atoms with Crippen molar-refractivity contribution >= 4 is 34.9 Å². The van der Waals surface area contributed by atoms with Gasteiger partial charge in [0.2, 0.25) is 5.89 Å². The highest BCUT2D eigenvalue weighted by molar-refractivity contribution is 6.35. The largest absolute Gasteiger partial charge is 0.381 e. The fourth-order valence-electron chi connectivity index (χ4n) is 4.73. The lowest BCUT2D eigenvalue weighted by Gasteiger charge is -2.34. The molecular weight excluding hydrogens is 437 g/mol. The molecule has 2 aliphatic rings. The minimum Gasteiger partial charge on any atom is -0.381 e. The summed E-state index contributed by atoms with van der Waals surface area (Å²) in [6.07, 6.45) is 5.29. The molecule has 0 bridgehead atoms. The standard InChI is InChI=1S/C22H28ClN5O2.ClH/c1-2-19-17-4-3-5-18(23)20(17)28(25-19)22-24-21(30-26-22)16-6-10-27(11-7-16)14-15-8-12-29-13-9-15;/h3-5,15-16H,2,6-14H2,1H3;1H. The van der Waals surface area contributed by atoms with Gasteiger partial charge >= 0.3 is 0 Å². The van der Waals surface area contributed by atoms with Crippen LogP contribution in [0.3, 0.4) is 0 Å². The second-order valence-corrected chi connectivity index (χ2v) is 8.82. The molecule has 0 spiro atoms. The molecule has 0 radical (unpaired) electrons. The fraction of sp³-hybridized carbons (Fsp3) is 0.591. The van der Waals surface area contributed by atoms with Gasteiger partial charge in [-0.25, -0.2) is 0 Å². The highest BCUT2D eigenvalue weighted by Gasteiger charge is 2.28. The molecule has 0 unspecified atom stereocenters. The van der Waals surface area contributed by atoms with Crippen molar-refractivity contribution in [2.24, 2.45) is 5.92 Å². The van der Waals surface area contributed by atoms with Gasteiger partial charge in [-0.15, -0.1) is 12.4 Å². The molecule has 9 heteroatoms. The normalized spacial score (nSPS) is 19.0. The van der Waals surface area contributed by atoms with Gasteiger partial charge in [0.25, 0.3) is 5.95 Å². The first-order valence-corrected chi connectivity index (χ1v) is 11.4. The summed E-state index contributed by atoms with van der Waals surface area (Å²) in [5.41, 5.74) is 1.83. The van der Waals surface area contributed by atoms with Crippen LogP contribution in [0.5, 0.6) is 0 Å². The van der Waals surface area contributed by atoms with Gasteiger partial charge in [0.1, 0.15) is 0 Å². The van der Waals surface area contributed by atoms with Crippen molar-refractivity contribution in [2.75, 3.05) is 32.8 Å². The molecule has 0 saturated carbocycles. The lowest BCUT2D eigenvalue weighted by Crippen LogP contribution is -2.38. The third-order valence-electron chi connectivity index (χ3n) is 6.48. The molecule has 2 fully saturated rings. The Balaban J connectivity index is 0.00000231. The molecule has 1 aromatic carbocycles. The molecule has 4 heterocycles. The molecule has 0 atom stereocenters. The molecule has 5 rings (SSSR count). The van der Waals surface area contributed by atoms with E-state index in [4.69, 9.17) is 30.9 Å². The smallest absolute Gasteiger partial charge is 0.291 e. The minimum absolute atomic E-state index is 0. The number of piperidine rings is 1. The molecule has 0 amide bonds. The summed E-state index contributed by atoms with van der Waals surface area (Å²) in [5.74, 6) is 2.26. The van der Waals surface area contributed by atoms with Crippen molar-refractivity contribution in [3.05, 3.63) is 34.8 Å². The van der Waals surface area contributed by atoms with Gasteiger partial charge in [-0.3, -0.25) is 0 Å². The molecule has 2 aliphatic heterocycles. The summed E-state index contributed by atoms with van der Waals surface area (Å²) in [4.78, 5) is 7.29. The first kappa shape index (κ1) is 22.5. The predicted octanol–water partition coefficient (Wildman–Crippen LogP) is 4.65. The van der Waals surface area contributed by atoms with Crippen molar-refractivity contribution < 1.29 is 9.26 Å². The van der Waals surface area contributed by atoms with Gasteiger partial charge in [-0.05, 0) is 62.3 Å². The number of hydrogen-bond acceptors (Lipinski definition) is 6. The SMILES string of the molecule is CCc1nn(-c2noc(C3CCN(CC4CCOCC4)CC3)n2)c2c(Cl)cccc12.Cl. The zero-order chi connectivity index (χ0) is 20.5. The van der Waals surface area contributed by atoms with Crippen LogP contribution in [0, 0.1) is 5.92 Å². The molecule has 7 nitrogen and oxygen atoms in total. The first-order valence-electron chi connectivity index (χ1n) is 11.0. The van der Waals surface area contributed by atoms with Crippen LogP contribution in [-0.2, 0) is 11.2 Å². The van der Waals surface area contributed by atoms with Crippen molar-refractivity contribution in [3.8, 4) is 5.95 Å². The monoisotopic (exact) mass is 465 g/mol. The number of benzene rings is 1. The number of para-hydroxylation sites is 1. The molecular formula is C22H29Cl2N5O2. The number of hydrogen-bond donors (Lipinski definition) is 0. The number of ether oxygens (including phenoxy) is 1. The van der Waals surface area contributed by atoms with Crippen LogP contribution in [0.2, 0.25) is 5.02 Å². The average molecular weight is 466 g/mol. The summed E-state index contributed by atoms with van der Waals surface area (Å²) >= 11 is 6.47. The summed E-state index contributed by atoms with van der Waals surface area (Å²) in [6.45, 7) is 7.26. The highest BCUT2D eigenvalue weighted by Crippen LogP contribution is 2.31. The van der Waals surface area contributed by atoms with E-state index in [1.54, 1.807) is 4.68 Å². The van der Waals surface area contributed by atoms with Crippen LogP contribution < -0.4 is 0 Å².